The van der Waals surface area contributed by atoms with Crippen molar-refractivity contribution < 1.29 is 24.9 Å². The first kappa shape index (κ1) is 11.8. The normalized spacial score (nSPS) is 35.5. The fraction of sp³-hybridized carbons (Fsp3) is 0.778. The van der Waals surface area contributed by atoms with Crippen molar-refractivity contribution in [3.63, 3.8) is 0 Å². The SMILES string of the molecule is CCC1(C(=O)O)C(O)C(C)CN1C(=O)O. The number of amides is 1. The highest BCUT2D eigenvalue weighted by Gasteiger charge is 2.58. The number of hydrogen-bond acceptors (Lipinski definition) is 3. The minimum Gasteiger partial charge on any atom is -0.479 e. The van der Waals surface area contributed by atoms with Gasteiger partial charge in [-0.15, -0.1) is 0 Å². The van der Waals surface area contributed by atoms with Crippen LogP contribution in [0.15, 0.2) is 0 Å². The van der Waals surface area contributed by atoms with Gasteiger partial charge in [-0.25, -0.2) is 9.59 Å². The number of aliphatic carboxylic acids is 1. The molecule has 0 saturated carbocycles. The number of carboxylic acid groups (broad SMARTS) is 2. The van der Waals surface area contributed by atoms with Gasteiger partial charge in [0, 0.05) is 12.5 Å². The number of carboxylic acids is 1. The molecule has 3 N–H and O–H groups in total. The molecule has 0 aromatic heterocycles. The summed E-state index contributed by atoms with van der Waals surface area (Å²) in [5.41, 5.74) is -1.69. The lowest BCUT2D eigenvalue weighted by Crippen LogP contribution is -2.58. The third-order valence-electron chi connectivity index (χ3n) is 3.12. The Balaban J connectivity index is 3.18. The van der Waals surface area contributed by atoms with E-state index < -0.39 is 23.7 Å². The third kappa shape index (κ3) is 1.45. The van der Waals surface area contributed by atoms with Crippen LogP contribution in [-0.2, 0) is 4.79 Å². The molecule has 0 bridgehead atoms. The van der Waals surface area contributed by atoms with Crippen molar-refractivity contribution in [2.75, 3.05) is 6.54 Å². The summed E-state index contributed by atoms with van der Waals surface area (Å²) in [5, 5.41) is 27.8. The van der Waals surface area contributed by atoms with E-state index in [2.05, 4.69) is 0 Å². The smallest absolute Gasteiger partial charge is 0.408 e. The Morgan fingerprint density at radius 2 is 2.00 bits per heavy atom. The van der Waals surface area contributed by atoms with Crippen LogP contribution in [-0.4, -0.2) is 50.5 Å². The fourth-order valence-corrected chi connectivity index (χ4v) is 2.22. The van der Waals surface area contributed by atoms with E-state index in [9.17, 15) is 14.7 Å². The van der Waals surface area contributed by atoms with Gasteiger partial charge >= 0.3 is 12.1 Å². The Kier molecular flexibility index (Phi) is 2.90. The van der Waals surface area contributed by atoms with E-state index >= 15 is 0 Å². The topological polar surface area (TPSA) is 98.1 Å². The average Bonchev–Trinajstić information content (AvgIpc) is 2.41. The van der Waals surface area contributed by atoms with Crippen molar-refractivity contribution in [3.05, 3.63) is 0 Å². The lowest BCUT2D eigenvalue weighted by atomic mass is 9.87. The first-order valence-corrected chi connectivity index (χ1v) is 4.80. The molecule has 1 rings (SSSR count). The zero-order chi connectivity index (χ0) is 11.8. The Morgan fingerprint density at radius 1 is 1.47 bits per heavy atom. The van der Waals surface area contributed by atoms with Crippen molar-refractivity contribution in [2.45, 2.75) is 31.9 Å². The van der Waals surface area contributed by atoms with E-state index in [1.807, 2.05) is 0 Å². The molecule has 86 valence electrons. The molecule has 0 radical (unpaired) electrons. The van der Waals surface area contributed by atoms with Gasteiger partial charge in [-0.05, 0) is 6.42 Å². The van der Waals surface area contributed by atoms with Gasteiger partial charge in [-0.1, -0.05) is 13.8 Å². The van der Waals surface area contributed by atoms with Gasteiger partial charge in [0.2, 0.25) is 0 Å². The maximum Gasteiger partial charge on any atom is 0.408 e. The summed E-state index contributed by atoms with van der Waals surface area (Å²) in [6.07, 6.45) is -2.40. The molecule has 3 atom stereocenters. The van der Waals surface area contributed by atoms with Crippen molar-refractivity contribution in [2.24, 2.45) is 5.92 Å². The number of aliphatic hydroxyl groups is 1. The van der Waals surface area contributed by atoms with Gasteiger partial charge in [0.1, 0.15) is 0 Å². The zero-order valence-electron chi connectivity index (χ0n) is 8.67. The Morgan fingerprint density at radius 3 is 2.27 bits per heavy atom. The number of hydrogen-bond donors (Lipinski definition) is 3. The zero-order valence-corrected chi connectivity index (χ0v) is 8.67. The molecule has 3 unspecified atom stereocenters. The van der Waals surface area contributed by atoms with Gasteiger partial charge < -0.3 is 15.3 Å². The lowest BCUT2D eigenvalue weighted by Gasteiger charge is -2.33. The van der Waals surface area contributed by atoms with Crippen LogP contribution >= 0.6 is 0 Å². The Labute approximate surface area is 87.1 Å². The quantitative estimate of drug-likeness (QED) is 0.614. The molecule has 1 amide bonds. The van der Waals surface area contributed by atoms with Crippen LogP contribution in [0.2, 0.25) is 0 Å². The van der Waals surface area contributed by atoms with Crippen molar-refractivity contribution in [1.82, 2.24) is 4.90 Å². The van der Waals surface area contributed by atoms with Gasteiger partial charge in [0.15, 0.2) is 5.54 Å². The standard InChI is InChI=1S/C9H15NO5/c1-3-9(7(12)13)6(11)5(2)4-10(9)8(14)15/h5-6,11H,3-4H2,1-2H3,(H,12,13)(H,14,15). The number of likely N-dealkylation sites (tertiary alicyclic amines) is 1. The summed E-state index contributed by atoms with van der Waals surface area (Å²) in [4.78, 5) is 22.9. The second kappa shape index (κ2) is 3.69. The van der Waals surface area contributed by atoms with Crippen LogP contribution in [0.3, 0.4) is 0 Å². The fourth-order valence-electron chi connectivity index (χ4n) is 2.22. The van der Waals surface area contributed by atoms with Gasteiger partial charge in [0.25, 0.3) is 0 Å². The number of rotatable bonds is 2. The first-order chi connectivity index (χ1) is 6.87. The van der Waals surface area contributed by atoms with E-state index in [-0.39, 0.29) is 18.9 Å². The highest BCUT2D eigenvalue weighted by atomic mass is 16.4. The molecule has 1 saturated heterocycles. The molecule has 15 heavy (non-hydrogen) atoms. The van der Waals surface area contributed by atoms with E-state index in [1.165, 1.54) is 0 Å². The molecule has 0 aromatic carbocycles. The summed E-state index contributed by atoms with van der Waals surface area (Å²) >= 11 is 0. The van der Waals surface area contributed by atoms with Crippen LogP contribution in [0.4, 0.5) is 4.79 Å². The summed E-state index contributed by atoms with van der Waals surface area (Å²) in [5.74, 6) is -1.65. The van der Waals surface area contributed by atoms with Gasteiger partial charge in [-0.3, -0.25) is 4.90 Å². The van der Waals surface area contributed by atoms with Crippen LogP contribution in [0.1, 0.15) is 20.3 Å². The lowest BCUT2D eigenvalue weighted by molar-refractivity contribution is -0.154. The van der Waals surface area contributed by atoms with E-state index in [0.29, 0.717) is 0 Å². The summed E-state index contributed by atoms with van der Waals surface area (Å²) in [7, 11) is 0. The number of carbonyl (C=O) groups is 2. The third-order valence-corrected chi connectivity index (χ3v) is 3.12. The highest BCUT2D eigenvalue weighted by Crippen LogP contribution is 2.36. The Hall–Kier alpha value is -1.30. The maximum atomic E-state index is 11.2. The van der Waals surface area contributed by atoms with Crippen LogP contribution in [0.5, 0.6) is 0 Å². The van der Waals surface area contributed by atoms with E-state index in [0.717, 1.165) is 4.90 Å². The average molecular weight is 217 g/mol. The predicted molar refractivity (Wildman–Crippen MR) is 50.6 cm³/mol. The molecule has 6 nitrogen and oxygen atoms in total. The molecular weight excluding hydrogens is 202 g/mol. The second-order valence-electron chi connectivity index (χ2n) is 3.90. The summed E-state index contributed by atoms with van der Waals surface area (Å²) < 4.78 is 0. The minimum absolute atomic E-state index is 0.0522. The second-order valence-corrected chi connectivity index (χ2v) is 3.90. The van der Waals surface area contributed by atoms with E-state index in [4.69, 9.17) is 10.2 Å². The molecule has 6 heteroatoms. The molecule has 1 aliphatic rings. The molecule has 0 spiro atoms. The predicted octanol–water partition coefficient (Wildman–Crippen LogP) is 0.210. The molecule has 0 aliphatic carbocycles. The van der Waals surface area contributed by atoms with Crippen molar-refractivity contribution >= 4 is 12.1 Å². The molecule has 0 aromatic rings. The van der Waals surface area contributed by atoms with Gasteiger partial charge in [0.05, 0.1) is 6.10 Å². The molecule has 1 fully saturated rings. The first-order valence-electron chi connectivity index (χ1n) is 4.80. The van der Waals surface area contributed by atoms with Crippen molar-refractivity contribution in [1.29, 1.82) is 0 Å². The highest BCUT2D eigenvalue weighted by molar-refractivity contribution is 5.85. The van der Waals surface area contributed by atoms with Crippen LogP contribution in [0, 0.1) is 5.92 Å². The van der Waals surface area contributed by atoms with Crippen LogP contribution in [0.25, 0.3) is 0 Å². The van der Waals surface area contributed by atoms with Gasteiger partial charge in [-0.2, -0.15) is 0 Å². The Bertz CT molecular complexity index is 292. The number of aliphatic hydroxyl groups excluding tert-OH is 1. The number of nitrogens with zero attached hydrogens (tertiary/aromatic N) is 1. The van der Waals surface area contributed by atoms with Crippen molar-refractivity contribution in [3.8, 4) is 0 Å². The minimum atomic E-state index is -1.69. The summed E-state index contributed by atoms with van der Waals surface area (Å²) in [6, 6.07) is 0. The molecule has 1 aliphatic heterocycles. The molecular formula is C9H15NO5. The monoisotopic (exact) mass is 217 g/mol. The maximum absolute atomic E-state index is 11.2. The molecule has 1 heterocycles. The van der Waals surface area contributed by atoms with Crippen LogP contribution < -0.4 is 0 Å². The van der Waals surface area contributed by atoms with E-state index in [1.54, 1.807) is 13.8 Å². The summed E-state index contributed by atoms with van der Waals surface area (Å²) in [6.45, 7) is 3.25. The largest absolute Gasteiger partial charge is 0.479 e.